The van der Waals surface area contributed by atoms with Crippen molar-refractivity contribution in [3.05, 3.63) is 0 Å². The molecule has 0 aromatic heterocycles. The third kappa shape index (κ3) is 4.07. The molecule has 0 aromatic rings. The summed E-state index contributed by atoms with van der Waals surface area (Å²) in [6.45, 7) is 3.82. The number of thioether (sulfide) groups is 1. The van der Waals surface area contributed by atoms with Gasteiger partial charge in [0.25, 0.3) is 0 Å². The van der Waals surface area contributed by atoms with Crippen molar-refractivity contribution in [2.24, 2.45) is 0 Å². The van der Waals surface area contributed by atoms with E-state index in [9.17, 15) is 14.4 Å². The summed E-state index contributed by atoms with van der Waals surface area (Å²) in [5.74, 6) is 1.54. The Labute approximate surface area is 141 Å². The van der Waals surface area contributed by atoms with Crippen molar-refractivity contribution < 1.29 is 14.4 Å². The summed E-state index contributed by atoms with van der Waals surface area (Å²) in [7, 11) is 0. The number of carbonyl (C=O) groups excluding carboxylic acids is 3. The zero-order chi connectivity index (χ0) is 16.2. The Hall–Kier alpha value is -1.08. The van der Waals surface area contributed by atoms with Crippen LogP contribution in [0, 0.1) is 0 Å². The fourth-order valence-corrected chi connectivity index (χ4v) is 4.65. The smallest absolute Gasteiger partial charge is 0.243 e. The van der Waals surface area contributed by atoms with Crippen LogP contribution in [0.2, 0.25) is 0 Å². The third-order valence-electron chi connectivity index (χ3n) is 4.87. The molecule has 1 atom stereocenters. The molecule has 0 N–H and O–H groups in total. The fourth-order valence-electron chi connectivity index (χ4n) is 3.60. The molecule has 3 rings (SSSR count). The first-order chi connectivity index (χ1) is 11.1. The molecule has 3 saturated heterocycles. The van der Waals surface area contributed by atoms with Crippen molar-refractivity contribution in [1.82, 2.24) is 14.7 Å². The van der Waals surface area contributed by atoms with E-state index in [0.717, 1.165) is 49.0 Å². The minimum Gasteiger partial charge on any atom is -0.336 e. The highest BCUT2D eigenvalue weighted by Gasteiger charge is 2.34. The SMILES string of the molecule is O=C1CCC(=O)N1CC(=O)N1CCCSCC1CN1CCCC1. The van der Waals surface area contributed by atoms with Crippen LogP contribution in [0.4, 0.5) is 0 Å². The van der Waals surface area contributed by atoms with Crippen LogP contribution < -0.4 is 0 Å². The predicted molar refractivity (Wildman–Crippen MR) is 89.1 cm³/mol. The standard InChI is InChI=1S/C16H25N3O3S/c20-14-4-5-15(21)19(14)11-16(22)18-8-3-9-23-12-13(18)10-17-6-1-2-7-17/h13H,1-12H2. The average Bonchev–Trinajstić information content (AvgIpc) is 3.07. The quantitative estimate of drug-likeness (QED) is 0.701. The second kappa shape index (κ2) is 7.66. The van der Waals surface area contributed by atoms with Gasteiger partial charge in [-0.1, -0.05) is 0 Å². The van der Waals surface area contributed by atoms with Crippen molar-refractivity contribution in [2.45, 2.75) is 38.1 Å². The number of amides is 3. The van der Waals surface area contributed by atoms with Gasteiger partial charge in [-0.25, -0.2) is 0 Å². The maximum absolute atomic E-state index is 12.7. The lowest BCUT2D eigenvalue weighted by molar-refractivity contribution is -0.146. The molecule has 3 fully saturated rings. The fraction of sp³-hybridized carbons (Fsp3) is 0.812. The van der Waals surface area contributed by atoms with E-state index in [1.165, 1.54) is 12.8 Å². The van der Waals surface area contributed by atoms with Crippen LogP contribution in [0.25, 0.3) is 0 Å². The van der Waals surface area contributed by atoms with E-state index in [0.29, 0.717) is 0 Å². The van der Waals surface area contributed by atoms with Crippen LogP contribution in [0.1, 0.15) is 32.1 Å². The van der Waals surface area contributed by atoms with Crippen LogP contribution in [-0.2, 0) is 14.4 Å². The highest BCUT2D eigenvalue weighted by molar-refractivity contribution is 7.99. The first-order valence-corrected chi connectivity index (χ1v) is 9.73. The van der Waals surface area contributed by atoms with Gasteiger partial charge >= 0.3 is 0 Å². The molecule has 3 aliphatic heterocycles. The van der Waals surface area contributed by atoms with Crippen LogP contribution in [-0.4, -0.2) is 82.7 Å². The summed E-state index contributed by atoms with van der Waals surface area (Å²) in [5.41, 5.74) is 0. The lowest BCUT2D eigenvalue weighted by Gasteiger charge is -2.33. The van der Waals surface area contributed by atoms with Crippen molar-refractivity contribution in [2.75, 3.05) is 44.2 Å². The van der Waals surface area contributed by atoms with Crippen LogP contribution in [0.3, 0.4) is 0 Å². The molecule has 7 heteroatoms. The van der Waals surface area contributed by atoms with Gasteiger partial charge in [-0.2, -0.15) is 11.8 Å². The summed E-state index contributed by atoms with van der Waals surface area (Å²) in [6, 6.07) is 0.195. The number of likely N-dealkylation sites (tertiary alicyclic amines) is 2. The second-order valence-electron chi connectivity index (χ2n) is 6.55. The average molecular weight is 339 g/mol. The number of rotatable bonds is 4. The first-order valence-electron chi connectivity index (χ1n) is 8.58. The lowest BCUT2D eigenvalue weighted by atomic mass is 10.2. The molecule has 0 aliphatic carbocycles. The number of nitrogens with zero attached hydrogens (tertiary/aromatic N) is 3. The van der Waals surface area contributed by atoms with E-state index in [2.05, 4.69) is 4.90 Å². The van der Waals surface area contributed by atoms with Crippen molar-refractivity contribution >= 4 is 29.5 Å². The van der Waals surface area contributed by atoms with E-state index in [1.807, 2.05) is 16.7 Å². The Morgan fingerprint density at radius 1 is 1.04 bits per heavy atom. The highest BCUT2D eigenvalue weighted by atomic mass is 32.2. The van der Waals surface area contributed by atoms with E-state index in [1.54, 1.807) is 0 Å². The Balaban J connectivity index is 1.64. The molecule has 0 aromatic carbocycles. The van der Waals surface area contributed by atoms with Gasteiger partial charge in [0.05, 0.1) is 6.04 Å². The topological polar surface area (TPSA) is 60.9 Å². The Kier molecular flexibility index (Phi) is 5.58. The van der Waals surface area contributed by atoms with E-state index in [4.69, 9.17) is 0 Å². The molecule has 128 valence electrons. The predicted octanol–water partition coefficient (Wildman–Crippen LogP) is 0.565. The number of hydrogen-bond donors (Lipinski definition) is 0. The summed E-state index contributed by atoms with van der Waals surface area (Å²) < 4.78 is 0. The normalized spacial score (nSPS) is 26.9. The van der Waals surface area contributed by atoms with E-state index in [-0.39, 0.29) is 43.1 Å². The third-order valence-corrected chi connectivity index (χ3v) is 6.07. The molecule has 3 heterocycles. The van der Waals surface area contributed by atoms with Crippen LogP contribution >= 0.6 is 11.8 Å². The van der Waals surface area contributed by atoms with Gasteiger partial charge in [0.1, 0.15) is 6.54 Å². The summed E-state index contributed by atoms with van der Waals surface area (Å²) in [5, 5.41) is 0. The van der Waals surface area contributed by atoms with Gasteiger partial charge in [-0.05, 0) is 38.1 Å². The van der Waals surface area contributed by atoms with Crippen molar-refractivity contribution in [1.29, 1.82) is 0 Å². The molecular formula is C16H25N3O3S. The molecule has 3 aliphatic rings. The Morgan fingerprint density at radius 2 is 1.74 bits per heavy atom. The number of hydrogen-bond acceptors (Lipinski definition) is 5. The lowest BCUT2D eigenvalue weighted by Crippen LogP contribution is -2.51. The molecule has 1 unspecified atom stereocenters. The zero-order valence-electron chi connectivity index (χ0n) is 13.5. The molecule has 6 nitrogen and oxygen atoms in total. The van der Waals surface area contributed by atoms with Crippen LogP contribution in [0.15, 0.2) is 0 Å². The molecule has 3 amide bonds. The van der Waals surface area contributed by atoms with Gasteiger partial charge < -0.3 is 9.80 Å². The minimum absolute atomic E-state index is 0.0692. The number of imide groups is 1. The summed E-state index contributed by atoms with van der Waals surface area (Å²) >= 11 is 1.90. The molecule has 0 radical (unpaired) electrons. The van der Waals surface area contributed by atoms with Crippen molar-refractivity contribution in [3.8, 4) is 0 Å². The first kappa shape index (κ1) is 16.8. The maximum atomic E-state index is 12.7. The molecule has 0 spiro atoms. The largest absolute Gasteiger partial charge is 0.336 e. The molecular weight excluding hydrogens is 314 g/mol. The number of carbonyl (C=O) groups is 3. The maximum Gasteiger partial charge on any atom is 0.243 e. The van der Waals surface area contributed by atoms with E-state index < -0.39 is 0 Å². The summed E-state index contributed by atoms with van der Waals surface area (Å²) in [4.78, 5) is 41.7. The Bertz CT molecular complexity index is 463. The van der Waals surface area contributed by atoms with Gasteiger partial charge in [-0.3, -0.25) is 19.3 Å². The minimum atomic E-state index is -0.205. The summed E-state index contributed by atoms with van der Waals surface area (Å²) in [6.07, 6.45) is 3.96. The van der Waals surface area contributed by atoms with Gasteiger partial charge in [0.15, 0.2) is 0 Å². The highest BCUT2D eigenvalue weighted by Crippen LogP contribution is 2.20. The van der Waals surface area contributed by atoms with Crippen molar-refractivity contribution in [3.63, 3.8) is 0 Å². The molecule has 0 bridgehead atoms. The van der Waals surface area contributed by atoms with Gasteiger partial charge in [0, 0.05) is 31.7 Å². The van der Waals surface area contributed by atoms with Crippen LogP contribution in [0.5, 0.6) is 0 Å². The molecule has 23 heavy (non-hydrogen) atoms. The van der Waals surface area contributed by atoms with E-state index >= 15 is 0 Å². The Morgan fingerprint density at radius 3 is 2.43 bits per heavy atom. The monoisotopic (exact) mass is 339 g/mol. The molecule has 0 saturated carbocycles. The second-order valence-corrected chi connectivity index (χ2v) is 7.70. The zero-order valence-corrected chi connectivity index (χ0v) is 14.4. The van der Waals surface area contributed by atoms with Gasteiger partial charge in [0.2, 0.25) is 17.7 Å². The van der Waals surface area contributed by atoms with Gasteiger partial charge in [-0.15, -0.1) is 0 Å².